The van der Waals surface area contributed by atoms with Gasteiger partial charge in [-0.25, -0.2) is 24.9 Å². The molecule has 132 valence electrons. The van der Waals surface area contributed by atoms with E-state index in [1.807, 2.05) is 23.6 Å². The summed E-state index contributed by atoms with van der Waals surface area (Å²) in [6.07, 6.45) is 4.87. The molecule has 0 saturated heterocycles. The minimum atomic E-state index is 0.523. The van der Waals surface area contributed by atoms with E-state index in [1.54, 1.807) is 23.9 Å². The lowest BCUT2D eigenvalue weighted by Gasteiger charge is -2.11. The molecule has 0 atom stereocenters. The van der Waals surface area contributed by atoms with E-state index in [0.29, 0.717) is 23.0 Å². The molecule has 2 N–H and O–H groups in total. The topological polar surface area (TPSA) is 92.3 Å². The molecule has 0 bridgehead atoms. The minimum absolute atomic E-state index is 0.523. The number of nitrogens with one attached hydrogen (secondary N) is 2. The number of para-hydroxylation sites is 1. The molecule has 4 aromatic heterocycles. The Labute approximate surface area is 162 Å². The number of hydrogen-bond acceptors (Lipinski definition) is 7. The summed E-state index contributed by atoms with van der Waals surface area (Å²) in [6.45, 7) is 0.523. The lowest BCUT2D eigenvalue weighted by Crippen LogP contribution is -2.05. The number of nitrogens with zero attached hydrogens (tertiary/aromatic N) is 5. The molecule has 27 heavy (non-hydrogen) atoms. The monoisotopic (exact) mass is 393 g/mol. The lowest BCUT2D eigenvalue weighted by atomic mass is 10.1. The quantitative estimate of drug-likeness (QED) is 0.473. The van der Waals surface area contributed by atoms with Crippen LogP contribution in [0.5, 0.6) is 0 Å². The van der Waals surface area contributed by atoms with Gasteiger partial charge >= 0.3 is 0 Å². The van der Waals surface area contributed by atoms with Crippen LogP contribution in [0.25, 0.3) is 32.8 Å². The Kier molecular flexibility index (Phi) is 3.92. The highest BCUT2D eigenvalue weighted by Gasteiger charge is 2.14. The summed E-state index contributed by atoms with van der Waals surface area (Å²) in [6, 6.07) is 7.85. The van der Waals surface area contributed by atoms with E-state index in [1.165, 1.54) is 6.33 Å². The molecule has 0 spiro atoms. The van der Waals surface area contributed by atoms with Crippen molar-refractivity contribution in [1.29, 1.82) is 0 Å². The van der Waals surface area contributed by atoms with Crippen molar-refractivity contribution in [3.63, 3.8) is 0 Å². The number of pyridine rings is 1. The summed E-state index contributed by atoms with van der Waals surface area (Å²) in [5.41, 5.74) is 3.98. The maximum Gasteiger partial charge on any atom is 0.182 e. The van der Waals surface area contributed by atoms with E-state index in [2.05, 4.69) is 36.3 Å². The molecule has 0 aliphatic rings. The van der Waals surface area contributed by atoms with E-state index in [9.17, 15) is 0 Å². The number of hydrogen-bond donors (Lipinski definition) is 2. The van der Waals surface area contributed by atoms with Crippen LogP contribution >= 0.6 is 22.9 Å². The average molecular weight is 394 g/mol. The fourth-order valence-electron chi connectivity index (χ4n) is 2.94. The number of imidazole rings is 1. The molecular formula is C18H12ClN7S. The third-order valence-corrected chi connectivity index (χ3v) is 5.26. The van der Waals surface area contributed by atoms with Gasteiger partial charge in [-0.3, -0.25) is 0 Å². The van der Waals surface area contributed by atoms with Crippen molar-refractivity contribution < 1.29 is 0 Å². The van der Waals surface area contributed by atoms with Gasteiger partial charge in [0.2, 0.25) is 0 Å². The molecule has 0 aliphatic heterocycles. The van der Waals surface area contributed by atoms with Gasteiger partial charge in [-0.1, -0.05) is 23.7 Å². The van der Waals surface area contributed by atoms with Gasteiger partial charge in [0.15, 0.2) is 11.5 Å². The molecule has 0 saturated carbocycles. The Morgan fingerprint density at radius 1 is 1.15 bits per heavy atom. The molecule has 0 fully saturated rings. The second kappa shape index (κ2) is 6.57. The summed E-state index contributed by atoms with van der Waals surface area (Å²) in [5.74, 6) is 0.689. The summed E-state index contributed by atoms with van der Waals surface area (Å²) < 4.78 is 0. The first-order valence-electron chi connectivity index (χ1n) is 8.15. The van der Waals surface area contributed by atoms with E-state index in [4.69, 9.17) is 16.6 Å². The second-order valence-corrected chi connectivity index (χ2v) is 7.12. The second-order valence-electron chi connectivity index (χ2n) is 5.82. The van der Waals surface area contributed by atoms with Gasteiger partial charge in [-0.05, 0) is 12.1 Å². The zero-order valence-corrected chi connectivity index (χ0v) is 15.4. The fraction of sp³-hybridized carbons (Fsp3) is 0.0556. The summed E-state index contributed by atoms with van der Waals surface area (Å²) in [5, 5.41) is 7.74. The molecule has 1 aromatic carbocycles. The number of H-pyrrole nitrogens is 1. The van der Waals surface area contributed by atoms with Crippen LogP contribution in [-0.4, -0.2) is 29.9 Å². The molecule has 7 nitrogen and oxygen atoms in total. The van der Waals surface area contributed by atoms with Crippen LogP contribution in [0.15, 0.2) is 48.5 Å². The standard InChI is InChI=1S/C18H12ClN7S/c19-12-3-1-2-10-6-11(14(26-13(10)12)18-20-4-5-27-18)7-21-16-15-17(23-8-22-15)25-9-24-16/h1-6,8-9H,7H2,(H2,21,22,23,24,25). The van der Waals surface area contributed by atoms with Crippen LogP contribution in [0.1, 0.15) is 5.56 Å². The number of rotatable bonds is 4. The largest absolute Gasteiger partial charge is 0.364 e. The van der Waals surface area contributed by atoms with Crippen molar-refractivity contribution in [2.75, 3.05) is 5.32 Å². The predicted molar refractivity (Wildman–Crippen MR) is 107 cm³/mol. The maximum absolute atomic E-state index is 6.35. The number of aromatic amines is 1. The van der Waals surface area contributed by atoms with Crippen molar-refractivity contribution in [2.24, 2.45) is 0 Å². The summed E-state index contributed by atoms with van der Waals surface area (Å²) >= 11 is 7.89. The van der Waals surface area contributed by atoms with Crippen molar-refractivity contribution in [2.45, 2.75) is 6.54 Å². The summed E-state index contributed by atoms with van der Waals surface area (Å²) in [4.78, 5) is 24.9. The van der Waals surface area contributed by atoms with Gasteiger partial charge in [0, 0.05) is 29.1 Å². The van der Waals surface area contributed by atoms with Crippen LogP contribution in [0, 0.1) is 0 Å². The van der Waals surface area contributed by atoms with Gasteiger partial charge in [0.1, 0.15) is 22.5 Å². The number of halogens is 1. The van der Waals surface area contributed by atoms with E-state index < -0.39 is 0 Å². The Balaban J connectivity index is 1.59. The smallest absolute Gasteiger partial charge is 0.182 e. The molecule has 5 aromatic rings. The van der Waals surface area contributed by atoms with Crippen molar-refractivity contribution >= 4 is 50.8 Å². The summed E-state index contributed by atoms with van der Waals surface area (Å²) in [7, 11) is 0. The van der Waals surface area contributed by atoms with Gasteiger partial charge in [0.25, 0.3) is 0 Å². The normalized spacial score (nSPS) is 11.3. The lowest BCUT2D eigenvalue weighted by molar-refractivity contribution is 1.09. The Morgan fingerprint density at radius 3 is 3.00 bits per heavy atom. The predicted octanol–water partition coefficient (Wildman–Crippen LogP) is 4.29. The van der Waals surface area contributed by atoms with E-state index in [-0.39, 0.29) is 0 Å². The number of fused-ring (bicyclic) bond motifs is 2. The Bertz CT molecular complexity index is 1250. The molecule has 0 unspecified atom stereocenters. The fourth-order valence-corrected chi connectivity index (χ4v) is 3.83. The highest BCUT2D eigenvalue weighted by atomic mass is 35.5. The van der Waals surface area contributed by atoms with Crippen molar-refractivity contribution in [3.8, 4) is 10.7 Å². The Morgan fingerprint density at radius 2 is 2.11 bits per heavy atom. The van der Waals surface area contributed by atoms with Crippen LogP contribution in [0.3, 0.4) is 0 Å². The third-order valence-electron chi connectivity index (χ3n) is 4.18. The highest BCUT2D eigenvalue weighted by molar-refractivity contribution is 7.13. The molecule has 9 heteroatoms. The number of thiazole rings is 1. The SMILES string of the molecule is Clc1cccc2cc(CNc3ncnc4nc[nH]c34)c(-c3nccs3)nc12. The minimum Gasteiger partial charge on any atom is -0.364 e. The molecular weight excluding hydrogens is 382 g/mol. The Hall–Kier alpha value is -3.10. The van der Waals surface area contributed by atoms with Gasteiger partial charge < -0.3 is 10.3 Å². The van der Waals surface area contributed by atoms with Crippen molar-refractivity contribution in [3.05, 3.63) is 59.1 Å². The van der Waals surface area contributed by atoms with Crippen molar-refractivity contribution in [1.82, 2.24) is 29.9 Å². The van der Waals surface area contributed by atoms with Crippen LogP contribution < -0.4 is 5.32 Å². The van der Waals surface area contributed by atoms with Crippen LogP contribution in [-0.2, 0) is 6.54 Å². The van der Waals surface area contributed by atoms with Crippen LogP contribution in [0.4, 0.5) is 5.82 Å². The number of anilines is 1. The molecule has 4 heterocycles. The number of benzene rings is 1. The number of aromatic nitrogens is 6. The van der Waals surface area contributed by atoms with Gasteiger partial charge in [-0.15, -0.1) is 11.3 Å². The zero-order chi connectivity index (χ0) is 18.2. The maximum atomic E-state index is 6.35. The molecule has 5 rings (SSSR count). The average Bonchev–Trinajstić information content (AvgIpc) is 3.38. The van der Waals surface area contributed by atoms with E-state index in [0.717, 1.165) is 32.7 Å². The van der Waals surface area contributed by atoms with E-state index >= 15 is 0 Å². The first-order valence-corrected chi connectivity index (χ1v) is 9.41. The highest BCUT2D eigenvalue weighted by Crippen LogP contribution is 2.30. The first-order chi connectivity index (χ1) is 13.3. The molecule has 0 amide bonds. The zero-order valence-electron chi connectivity index (χ0n) is 13.8. The molecule has 0 radical (unpaired) electrons. The van der Waals surface area contributed by atoms with Gasteiger partial charge in [-0.2, -0.15) is 0 Å². The van der Waals surface area contributed by atoms with Crippen LogP contribution in [0.2, 0.25) is 5.02 Å². The molecule has 0 aliphatic carbocycles. The first kappa shape index (κ1) is 16.1. The van der Waals surface area contributed by atoms with Gasteiger partial charge in [0.05, 0.1) is 16.9 Å². The third kappa shape index (κ3) is 2.88.